The Balaban J connectivity index is 1.58. The van der Waals surface area contributed by atoms with Gasteiger partial charge in [0.15, 0.2) is 11.5 Å². The van der Waals surface area contributed by atoms with E-state index >= 15 is 0 Å². The molecule has 5 rings (SSSR count). The molecule has 2 aliphatic heterocycles. The molecule has 2 aromatic rings. The molecule has 1 aliphatic carbocycles. The Hall–Kier alpha value is -3.26. The van der Waals surface area contributed by atoms with E-state index in [1.54, 1.807) is 7.11 Å². The number of oxime groups is 1. The number of fused-ring (bicyclic) bond motifs is 1. The maximum absolute atomic E-state index is 13.7. The van der Waals surface area contributed by atoms with E-state index in [-0.39, 0.29) is 25.5 Å². The van der Waals surface area contributed by atoms with Gasteiger partial charge in [-0.05, 0) is 79.5 Å². The minimum atomic E-state index is -0.779. The van der Waals surface area contributed by atoms with Crippen molar-refractivity contribution in [3.8, 4) is 17.2 Å². The van der Waals surface area contributed by atoms with E-state index in [1.165, 1.54) is 6.42 Å². The highest BCUT2D eigenvalue weighted by Crippen LogP contribution is 2.44. The minimum absolute atomic E-state index is 0.00385. The van der Waals surface area contributed by atoms with Gasteiger partial charge in [-0.3, -0.25) is 4.79 Å². The molecule has 6 atom stereocenters. The molecule has 8 heteroatoms. The average molecular weight is 538 g/mol. The second-order valence-electron chi connectivity index (χ2n) is 11.0. The van der Waals surface area contributed by atoms with Crippen molar-refractivity contribution in [2.75, 3.05) is 20.5 Å². The van der Waals surface area contributed by atoms with E-state index in [4.69, 9.17) is 28.5 Å². The van der Waals surface area contributed by atoms with Gasteiger partial charge in [0.25, 0.3) is 0 Å². The van der Waals surface area contributed by atoms with Gasteiger partial charge >= 0.3 is 5.97 Å². The van der Waals surface area contributed by atoms with Gasteiger partial charge in [0.1, 0.15) is 17.4 Å². The summed E-state index contributed by atoms with van der Waals surface area (Å²) in [6.45, 7) is 8.98. The first-order chi connectivity index (χ1) is 18.9. The molecule has 0 N–H and O–H groups in total. The van der Waals surface area contributed by atoms with Gasteiger partial charge < -0.3 is 28.5 Å². The average Bonchev–Trinajstić information content (AvgIpc) is 3.41. The number of esters is 1. The standard InChI is InChI=1S/C31H39NO7/c1-6-35-30(33)28-27(21-10-14-24-26(16-21)37-17-36-24)31(38-25-15-19(4)7-13-23(25)18(2)3)39-32-29(28)20-8-11-22(34-5)12-9-20/h8-12,14,16,18-19,23,25,27-28,31H,6-7,13,15,17H2,1-5H3/t19-,23+,25-,27+,28+,31+/m1/s1. The third-order valence-electron chi connectivity index (χ3n) is 8.18. The van der Waals surface area contributed by atoms with Crippen LogP contribution in [0.25, 0.3) is 0 Å². The summed E-state index contributed by atoms with van der Waals surface area (Å²) < 4.78 is 29.0. The van der Waals surface area contributed by atoms with Gasteiger partial charge in [0.2, 0.25) is 13.1 Å². The van der Waals surface area contributed by atoms with E-state index in [2.05, 4.69) is 25.9 Å². The normalized spacial score (nSPS) is 28.0. The summed E-state index contributed by atoms with van der Waals surface area (Å²) in [5, 5.41) is 4.52. The third-order valence-corrected chi connectivity index (χ3v) is 8.18. The summed E-state index contributed by atoms with van der Waals surface area (Å²) >= 11 is 0. The van der Waals surface area contributed by atoms with Gasteiger partial charge in [-0.2, -0.15) is 0 Å². The molecule has 3 aliphatic rings. The van der Waals surface area contributed by atoms with E-state index in [0.717, 1.165) is 24.0 Å². The second kappa shape index (κ2) is 11.9. The Morgan fingerprint density at radius 2 is 1.85 bits per heavy atom. The first-order valence-electron chi connectivity index (χ1n) is 14.0. The number of carbonyl (C=O) groups is 1. The third kappa shape index (κ3) is 5.71. The van der Waals surface area contributed by atoms with Gasteiger partial charge in [-0.15, -0.1) is 0 Å². The molecular formula is C31H39NO7. The van der Waals surface area contributed by atoms with Crippen LogP contribution >= 0.6 is 0 Å². The van der Waals surface area contributed by atoms with Crippen LogP contribution in [0.2, 0.25) is 0 Å². The van der Waals surface area contributed by atoms with Crippen molar-refractivity contribution in [2.24, 2.45) is 28.8 Å². The molecule has 0 aromatic heterocycles. The molecule has 0 saturated heterocycles. The molecule has 0 radical (unpaired) electrons. The first-order valence-corrected chi connectivity index (χ1v) is 14.0. The van der Waals surface area contributed by atoms with E-state index < -0.39 is 18.1 Å². The van der Waals surface area contributed by atoms with Crippen molar-refractivity contribution >= 4 is 11.7 Å². The molecule has 1 saturated carbocycles. The maximum Gasteiger partial charge on any atom is 0.316 e. The lowest BCUT2D eigenvalue weighted by Gasteiger charge is -2.42. The van der Waals surface area contributed by atoms with Gasteiger partial charge in [0.05, 0.1) is 25.7 Å². The second-order valence-corrected chi connectivity index (χ2v) is 11.0. The number of carbonyl (C=O) groups excluding carboxylic acids is 1. The highest BCUT2D eigenvalue weighted by Gasteiger charge is 2.48. The van der Waals surface area contributed by atoms with Crippen molar-refractivity contribution in [2.45, 2.75) is 65.3 Å². The monoisotopic (exact) mass is 537 g/mol. The highest BCUT2D eigenvalue weighted by molar-refractivity contribution is 6.12. The fraction of sp³-hybridized carbons (Fsp3) is 0.548. The fourth-order valence-electron chi connectivity index (χ4n) is 6.07. The summed E-state index contributed by atoms with van der Waals surface area (Å²) in [5.41, 5.74) is 2.09. The van der Waals surface area contributed by atoms with Crippen molar-refractivity contribution < 1.29 is 33.3 Å². The number of methoxy groups -OCH3 is 1. The minimum Gasteiger partial charge on any atom is -0.497 e. The molecule has 39 heavy (non-hydrogen) atoms. The smallest absolute Gasteiger partial charge is 0.316 e. The zero-order valence-corrected chi connectivity index (χ0v) is 23.4. The maximum atomic E-state index is 13.7. The van der Waals surface area contributed by atoms with Crippen molar-refractivity contribution in [1.29, 1.82) is 0 Å². The molecule has 2 heterocycles. The van der Waals surface area contributed by atoms with E-state index in [1.807, 2.05) is 49.4 Å². The lowest BCUT2D eigenvalue weighted by Crippen LogP contribution is -2.46. The zero-order valence-electron chi connectivity index (χ0n) is 23.4. The molecule has 0 unspecified atom stereocenters. The van der Waals surface area contributed by atoms with Crippen molar-refractivity contribution in [3.05, 3.63) is 53.6 Å². The van der Waals surface area contributed by atoms with Crippen LogP contribution in [0.4, 0.5) is 0 Å². The molecule has 210 valence electrons. The van der Waals surface area contributed by atoms with Crippen LogP contribution in [0.15, 0.2) is 47.6 Å². The number of rotatable bonds is 8. The predicted molar refractivity (Wildman–Crippen MR) is 146 cm³/mol. The van der Waals surface area contributed by atoms with Gasteiger partial charge in [-0.25, -0.2) is 0 Å². The highest BCUT2D eigenvalue weighted by atomic mass is 16.8. The number of hydrogen-bond donors (Lipinski definition) is 0. The lowest BCUT2D eigenvalue weighted by atomic mass is 9.75. The predicted octanol–water partition coefficient (Wildman–Crippen LogP) is 5.92. The largest absolute Gasteiger partial charge is 0.497 e. The van der Waals surface area contributed by atoms with Crippen LogP contribution in [0.1, 0.15) is 64.0 Å². The Morgan fingerprint density at radius 3 is 2.56 bits per heavy atom. The topological polar surface area (TPSA) is 84.8 Å². The van der Waals surface area contributed by atoms with Crippen molar-refractivity contribution in [3.63, 3.8) is 0 Å². The summed E-state index contributed by atoms with van der Waals surface area (Å²) in [4.78, 5) is 19.9. The van der Waals surface area contributed by atoms with Crippen LogP contribution in [0.5, 0.6) is 17.2 Å². The molecule has 0 bridgehead atoms. The van der Waals surface area contributed by atoms with Crippen LogP contribution < -0.4 is 14.2 Å². The quantitative estimate of drug-likeness (QED) is 0.386. The van der Waals surface area contributed by atoms with Crippen LogP contribution in [-0.2, 0) is 19.1 Å². The first kappa shape index (κ1) is 27.3. The fourth-order valence-corrected chi connectivity index (χ4v) is 6.07. The number of nitrogens with zero attached hydrogens (tertiary/aromatic N) is 1. The Labute approximate surface area is 230 Å². The lowest BCUT2D eigenvalue weighted by molar-refractivity contribution is -0.218. The van der Waals surface area contributed by atoms with Gasteiger partial charge in [0, 0.05) is 5.56 Å². The SMILES string of the molecule is CCOC(=O)[C@@H]1C(c2ccc(OC)cc2)=NO[C@H](O[C@@H]2C[C@H](C)CC[C@H]2C(C)C)[C@H]1c1ccc2c(c1)OCO2. The van der Waals surface area contributed by atoms with E-state index in [9.17, 15) is 4.79 Å². The van der Waals surface area contributed by atoms with Gasteiger partial charge in [-0.1, -0.05) is 38.4 Å². The molecule has 1 fully saturated rings. The number of benzene rings is 2. The molecular weight excluding hydrogens is 498 g/mol. The molecule has 0 spiro atoms. The summed E-state index contributed by atoms with van der Waals surface area (Å²) in [5.74, 6) is 1.79. The van der Waals surface area contributed by atoms with Crippen LogP contribution in [0.3, 0.4) is 0 Å². The Kier molecular flexibility index (Phi) is 8.31. The number of hydrogen-bond acceptors (Lipinski definition) is 8. The molecule has 2 aromatic carbocycles. The van der Waals surface area contributed by atoms with Crippen LogP contribution in [0, 0.1) is 23.7 Å². The summed E-state index contributed by atoms with van der Waals surface area (Å²) in [7, 11) is 1.62. The summed E-state index contributed by atoms with van der Waals surface area (Å²) in [6.07, 6.45) is 2.45. The zero-order chi connectivity index (χ0) is 27.5. The summed E-state index contributed by atoms with van der Waals surface area (Å²) in [6, 6.07) is 13.2. The van der Waals surface area contributed by atoms with E-state index in [0.29, 0.717) is 40.7 Å². The van der Waals surface area contributed by atoms with Crippen LogP contribution in [-0.4, -0.2) is 44.6 Å². The Bertz CT molecular complexity index is 1180. The molecule has 8 nitrogen and oxygen atoms in total. The molecule has 0 amide bonds. The van der Waals surface area contributed by atoms with Crippen molar-refractivity contribution in [1.82, 2.24) is 0 Å². The number of ether oxygens (including phenoxy) is 5. The Morgan fingerprint density at radius 1 is 1.08 bits per heavy atom.